The van der Waals surface area contributed by atoms with Crippen LogP contribution in [0.25, 0.3) is 32.6 Å². The number of pyridine rings is 2. The van der Waals surface area contributed by atoms with Crippen LogP contribution in [0, 0.1) is 0 Å². The lowest BCUT2D eigenvalue weighted by Crippen LogP contribution is -2.45. The Morgan fingerprint density at radius 3 is 2.82 bits per heavy atom. The quantitative estimate of drug-likeness (QED) is 0.520. The number of halogens is 1. The van der Waals surface area contributed by atoms with E-state index in [1.54, 1.807) is 6.20 Å². The highest BCUT2D eigenvalue weighted by Gasteiger charge is 2.24. The zero-order valence-electron chi connectivity index (χ0n) is 15.3. The van der Waals surface area contributed by atoms with Crippen molar-refractivity contribution >= 4 is 50.0 Å². The molecule has 5 heterocycles. The smallest absolute Gasteiger partial charge is 0.261 e. The van der Waals surface area contributed by atoms with E-state index in [9.17, 15) is 4.79 Å². The number of anilines is 1. The van der Waals surface area contributed by atoms with Gasteiger partial charge in [-0.15, -0.1) is 11.3 Å². The van der Waals surface area contributed by atoms with Gasteiger partial charge in [0, 0.05) is 19.2 Å². The first kappa shape index (κ1) is 17.7. The van der Waals surface area contributed by atoms with E-state index in [1.165, 1.54) is 11.3 Å². The summed E-state index contributed by atoms with van der Waals surface area (Å²) in [5.41, 5.74) is 2.32. The van der Waals surface area contributed by atoms with Crippen molar-refractivity contribution in [1.29, 1.82) is 0 Å². The number of imidazole rings is 1. The maximum absolute atomic E-state index is 12.6. The minimum absolute atomic E-state index is 0.147. The Morgan fingerprint density at radius 2 is 2.04 bits per heavy atom. The first-order valence-corrected chi connectivity index (χ1v) is 10.3. The van der Waals surface area contributed by atoms with Gasteiger partial charge in [0.15, 0.2) is 0 Å². The third kappa shape index (κ3) is 2.88. The van der Waals surface area contributed by atoms with Crippen LogP contribution in [0.1, 0.15) is 13.8 Å². The first-order chi connectivity index (χ1) is 13.5. The van der Waals surface area contributed by atoms with Crippen LogP contribution in [0.15, 0.2) is 28.5 Å². The molecule has 1 aliphatic rings. The second-order valence-corrected chi connectivity index (χ2v) is 8.41. The molecular weight excluding hydrogens is 398 g/mol. The van der Waals surface area contributed by atoms with Gasteiger partial charge >= 0.3 is 0 Å². The maximum Gasteiger partial charge on any atom is 0.261 e. The van der Waals surface area contributed by atoms with E-state index in [0.717, 1.165) is 34.6 Å². The molecule has 1 fully saturated rings. The van der Waals surface area contributed by atoms with E-state index in [0.29, 0.717) is 21.9 Å². The number of aromatic amines is 2. The summed E-state index contributed by atoms with van der Waals surface area (Å²) in [7, 11) is 0. The summed E-state index contributed by atoms with van der Waals surface area (Å²) in [6.45, 7) is 5.68. The molecule has 28 heavy (non-hydrogen) atoms. The van der Waals surface area contributed by atoms with Gasteiger partial charge in [0.2, 0.25) is 0 Å². The number of ether oxygens (including phenoxy) is 1. The first-order valence-electron chi connectivity index (χ1n) is 9.05. The number of rotatable bonds is 2. The third-order valence-corrected chi connectivity index (χ3v) is 6.32. The Morgan fingerprint density at radius 1 is 1.25 bits per heavy atom. The SMILES string of the molecule is CC1CN(c2cc3[nH]c(-c4c(Cl)c5sccc5[nH]c4=O)nc3cn2)CC(C)O1. The molecule has 0 amide bonds. The normalized spacial score (nSPS) is 20.3. The van der Waals surface area contributed by atoms with Crippen LogP contribution in [0.4, 0.5) is 5.82 Å². The Kier molecular flexibility index (Phi) is 4.15. The molecule has 144 valence electrons. The molecule has 4 aromatic rings. The molecule has 0 aromatic carbocycles. The molecule has 1 aliphatic heterocycles. The van der Waals surface area contributed by atoms with Gasteiger partial charge < -0.3 is 19.6 Å². The van der Waals surface area contributed by atoms with Crippen LogP contribution < -0.4 is 10.5 Å². The van der Waals surface area contributed by atoms with Crippen molar-refractivity contribution in [2.45, 2.75) is 26.1 Å². The van der Waals surface area contributed by atoms with E-state index in [-0.39, 0.29) is 17.8 Å². The molecule has 0 spiro atoms. The molecule has 0 bridgehead atoms. The minimum Gasteiger partial charge on any atom is -0.372 e. The Hall–Kier alpha value is -2.42. The maximum atomic E-state index is 12.6. The van der Waals surface area contributed by atoms with Gasteiger partial charge in [-0.2, -0.15) is 0 Å². The fourth-order valence-corrected chi connectivity index (χ4v) is 4.95. The second-order valence-electron chi connectivity index (χ2n) is 7.11. The van der Waals surface area contributed by atoms with E-state index in [2.05, 4.69) is 38.7 Å². The molecule has 7 nitrogen and oxygen atoms in total. The summed E-state index contributed by atoms with van der Waals surface area (Å²) in [5, 5.41) is 2.31. The average Bonchev–Trinajstić information content (AvgIpc) is 3.26. The summed E-state index contributed by atoms with van der Waals surface area (Å²) >= 11 is 8.01. The zero-order chi connectivity index (χ0) is 19.4. The van der Waals surface area contributed by atoms with E-state index < -0.39 is 0 Å². The fraction of sp³-hybridized carbons (Fsp3) is 0.316. The fourth-order valence-electron chi connectivity index (χ4n) is 3.75. The Bertz CT molecular complexity index is 1240. The number of nitrogens with one attached hydrogen (secondary N) is 2. The largest absolute Gasteiger partial charge is 0.372 e. The monoisotopic (exact) mass is 415 g/mol. The summed E-state index contributed by atoms with van der Waals surface area (Å²) in [4.78, 5) is 30.0. The molecule has 0 saturated carbocycles. The van der Waals surface area contributed by atoms with Crippen molar-refractivity contribution in [2.24, 2.45) is 0 Å². The molecule has 4 aromatic heterocycles. The number of thiophene rings is 1. The second kappa shape index (κ2) is 6.58. The third-order valence-electron chi connectivity index (χ3n) is 4.89. The highest BCUT2D eigenvalue weighted by atomic mass is 35.5. The van der Waals surface area contributed by atoms with Crippen LogP contribution in [0.5, 0.6) is 0 Å². The number of hydrogen-bond donors (Lipinski definition) is 2. The van der Waals surface area contributed by atoms with Crippen molar-refractivity contribution in [3.8, 4) is 11.4 Å². The number of morpholine rings is 1. The molecule has 2 N–H and O–H groups in total. The summed E-state index contributed by atoms with van der Waals surface area (Å²) in [6, 6.07) is 3.80. The molecule has 2 atom stereocenters. The highest BCUT2D eigenvalue weighted by molar-refractivity contribution is 7.17. The van der Waals surface area contributed by atoms with Gasteiger partial charge in [-0.25, -0.2) is 9.97 Å². The van der Waals surface area contributed by atoms with Crippen LogP contribution >= 0.6 is 22.9 Å². The van der Waals surface area contributed by atoms with Gasteiger partial charge in [-0.05, 0) is 25.3 Å². The molecule has 5 rings (SSSR count). The number of fused-ring (bicyclic) bond motifs is 2. The van der Waals surface area contributed by atoms with E-state index in [4.69, 9.17) is 16.3 Å². The summed E-state index contributed by atoms with van der Waals surface area (Å²) in [6.07, 6.45) is 2.02. The Labute approximate surface area is 169 Å². The highest BCUT2D eigenvalue weighted by Crippen LogP contribution is 2.33. The van der Waals surface area contributed by atoms with Gasteiger partial charge in [-0.3, -0.25) is 4.79 Å². The van der Waals surface area contributed by atoms with Crippen LogP contribution in [0.2, 0.25) is 5.02 Å². The minimum atomic E-state index is -0.265. The standard InChI is InChI=1S/C19H18ClN5O2S/c1-9-7-25(8-10(2)27-9)14-5-12-13(6-21-14)23-18(22-12)15-16(20)17-11(3-4-28-17)24-19(15)26/h3-6,9-10H,7-8H2,1-2H3,(H,22,23)(H,24,26). The summed E-state index contributed by atoms with van der Waals surface area (Å²) in [5.74, 6) is 1.30. The number of nitrogens with zero attached hydrogens (tertiary/aromatic N) is 3. The molecule has 9 heteroatoms. The molecule has 0 aliphatic carbocycles. The van der Waals surface area contributed by atoms with Crippen LogP contribution in [-0.2, 0) is 4.74 Å². The Balaban J connectivity index is 1.59. The predicted octanol–water partition coefficient (Wildman–Crippen LogP) is 3.79. The molecule has 0 radical (unpaired) electrons. The van der Waals surface area contributed by atoms with Crippen molar-refractivity contribution < 1.29 is 4.74 Å². The van der Waals surface area contributed by atoms with E-state index in [1.807, 2.05) is 17.5 Å². The molecule has 1 saturated heterocycles. The topological polar surface area (TPSA) is 86.9 Å². The van der Waals surface area contributed by atoms with Gasteiger partial charge in [0.05, 0.1) is 39.2 Å². The van der Waals surface area contributed by atoms with Crippen LogP contribution in [-0.4, -0.2) is 45.2 Å². The summed E-state index contributed by atoms with van der Waals surface area (Å²) < 4.78 is 6.64. The molecular formula is C19H18ClN5O2S. The number of hydrogen-bond acceptors (Lipinski definition) is 6. The lowest BCUT2D eigenvalue weighted by molar-refractivity contribution is -0.00545. The van der Waals surface area contributed by atoms with Crippen molar-refractivity contribution in [3.63, 3.8) is 0 Å². The van der Waals surface area contributed by atoms with Crippen molar-refractivity contribution in [1.82, 2.24) is 19.9 Å². The van der Waals surface area contributed by atoms with E-state index >= 15 is 0 Å². The van der Waals surface area contributed by atoms with Gasteiger partial charge in [0.25, 0.3) is 5.56 Å². The van der Waals surface area contributed by atoms with Gasteiger partial charge in [0.1, 0.15) is 22.7 Å². The van der Waals surface area contributed by atoms with Crippen LogP contribution in [0.3, 0.4) is 0 Å². The molecule has 2 unspecified atom stereocenters. The van der Waals surface area contributed by atoms with Crippen molar-refractivity contribution in [3.05, 3.63) is 39.1 Å². The van der Waals surface area contributed by atoms with Crippen molar-refractivity contribution in [2.75, 3.05) is 18.0 Å². The zero-order valence-corrected chi connectivity index (χ0v) is 16.9. The number of aromatic nitrogens is 4. The predicted molar refractivity (Wildman–Crippen MR) is 113 cm³/mol. The lowest BCUT2D eigenvalue weighted by Gasteiger charge is -2.36. The van der Waals surface area contributed by atoms with Gasteiger partial charge in [-0.1, -0.05) is 11.6 Å². The average molecular weight is 416 g/mol. The number of H-pyrrole nitrogens is 2. The lowest BCUT2D eigenvalue weighted by atomic mass is 10.2.